The lowest BCUT2D eigenvalue weighted by molar-refractivity contribution is -0.116. The Labute approximate surface area is 126 Å². The van der Waals surface area contributed by atoms with E-state index in [0.717, 1.165) is 24.5 Å². The van der Waals surface area contributed by atoms with Crippen molar-refractivity contribution >= 4 is 17.3 Å². The monoisotopic (exact) mass is 291 g/mol. The van der Waals surface area contributed by atoms with Crippen LogP contribution in [0, 0.1) is 0 Å². The van der Waals surface area contributed by atoms with Crippen molar-refractivity contribution in [1.82, 2.24) is 5.32 Å². The zero-order valence-electron chi connectivity index (χ0n) is 12.6. The van der Waals surface area contributed by atoms with E-state index in [4.69, 9.17) is 5.11 Å². The topological polar surface area (TPSA) is 64.6 Å². The minimum atomic E-state index is 0.0404. The predicted octanol–water partition coefficient (Wildman–Crippen LogP) is 1.59. The van der Waals surface area contributed by atoms with Crippen LogP contribution < -0.4 is 15.5 Å². The van der Waals surface area contributed by atoms with Crippen LogP contribution in [0.3, 0.4) is 0 Å². The maximum atomic E-state index is 11.8. The van der Waals surface area contributed by atoms with Gasteiger partial charge in [0.15, 0.2) is 0 Å². The molecule has 116 valence electrons. The van der Waals surface area contributed by atoms with Gasteiger partial charge in [0.1, 0.15) is 0 Å². The molecule has 21 heavy (non-hydrogen) atoms. The molecule has 0 atom stereocenters. The second-order valence-electron chi connectivity index (χ2n) is 5.38. The number of nitrogens with zero attached hydrogens (tertiary/aromatic N) is 1. The number of amides is 1. The molecule has 1 aliphatic rings. The van der Waals surface area contributed by atoms with Crippen LogP contribution in [0.5, 0.6) is 0 Å². The molecule has 1 amide bonds. The smallest absolute Gasteiger partial charge is 0.225 e. The highest BCUT2D eigenvalue weighted by molar-refractivity contribution is 5.91. The van der Waals surface area contributed by atoms with Crippen LogP contribution in [0.15, 0.2) is 24.3 Å². The van der Waals surface area contributed by atoms with Crippen LogP contribution in [0.2, 0.25) is 0 Å². The van der Waals surface area contributed by atoms with Crippen molar-refractivity contribution < 1.29 is 9.90 Å². The minimum Gasteiger partial charge on any atom is -0.395 e. The Morgan fingerprint density at radius 3 is 2.62 bits per heavy atom. The summed E-state index contributed by atoms with van der Waals surface area (Å²) in [5, 5.41) is 15.3. The van der Waals surface area contributed by atoms with Crippen molar-refractivity contribution in [2.24, 2.45) is 0 Å². The van der Waals surface area contributed by atoms with E-state index in [1.807, 2.05) is 24.3 Å². The number of likely N-dealkylation sites (N-methyl/N-ethyl adjacent to an activating group) is 1. The molecule has 0 unspecified atom stereocenters. The summed E-state index contributed by atoms with van der Waals surface area (Å²) in [7, 11) is 0. The number of aliphatic hydroxyl groups excluding tert-OH is 1. The lowest BCUT2D eigenvalue weighted by Crippen LogP contribution is -2.26. The van der Waals surface area contributed by atoms with Crippen LogP contribution in [0.4, 0.5) is 11.4 Å². The molecule has 1 fully saturated rings. The van der Waals surface area contributed by atoms with Gasteiger partial charge in [0.25, 0.3) is 0 Å². The zero-order chi connectivity index (χ0) is 15.1. The maximum Gasteiger partial charge on any atom is 0.225 e. The van der Waals surface area contributed by atoms with E-state index in [2.05, 4.69) is 22.5 Å². The van der Waals surface area contributed by atoms with E-state index in [9.17, 15) is 4.79 Å². The molecular weight excluding hydrogens is 266 g/mol. The zero-order valence-corrected chi connectivity index (χ0v) is 12.6. The number of carbonyl (C=O) groups is 1. The molecule has 3 N–H and O–H groups in total. The van der Waals surface area contributed by atoms with E-state index in [-0.39, 0.29) is 12.5 Å². The molecule has 5 heteroatoms. The van der Waals surface area contributed by atoms with E-state index in [0.29, 0.717) is 19.0 Å². The number of hydrogen-bond acceptors (Lipinski definition) is 4. The van der Waals surface area contributed by atoms with Crippen LogP contribution in [0.1, 0.15) is 26.2 Å². The molecule has 0 bridgehead atoms. The fourth-order valence-electron chi connectivity index (χ4n) is 2.25. The Hall–Kier alpha value is -1.59. The average molecular weight is 291 g/mol. The molecular formula is C16H25N3O2. The first-order valence-electron chi connectivity index (χ1n) is 7.72. The summed E-state index contributed by atoms with van der Waals surface area (Å²) in [6.07, 6.45) is 2.99. The number of benzene rings is 1. The van der Waals surface area contributed by atoms with Crippen molar-refractivity contribution in [3.8, 4) is 0 Å². The number of anilines is 2. The van der Waals surface area contributed by atoms with Gasteiger partial charge in [-0.05, 0) is 44.0 Å². The van der Waals surface area contributed by atoms with E-state index < -0.39 is 0 Å². The summed E-state index contributed by atoms with van der Waals surface area (Å²) in [4.78, 5) is 13.9. The maximum absolute atomic E-state index is 11.8. The first kappa shape index (κ1) is 15.8. The third-order valence-electron chi connectivity index (χ3n) is 3.63. The molecule has 1 aliphatic carbocycles. The molecule has 0 aromatic heterocycles. The van der Waals surface area contributed by atoms with E-state index >= 15 is 0 Å². The van der Waals surface area contributed by atoms with Crippen molar-refractivity contribution in [3.63, 3.8) is 0 Å². The Morgan fingerprint density at radius 2 is 2.05 bits per heavy atom. The molecule has 2 rings (SSSR count). The number of rotatable bonds is 9. The number of aliphatic hydroxyl groups is 1. The molecule has 5 nitrogen and oxygen atoms in total. The van der Waals surface area contributed by atoms with Gasteiger partial charge in [0.05, 0.1) is 6.61 Å². The largest absolute Gasteiger partial charge is 0.395 e. The van der Waals surface area contributed by atoms with Gasteiger partial charge in [0, 0.05) is 43.5 Å². The van der Waals surface area contributed by atoms with Crippen LogP contribution in [0.25, 0.3) is 0 Å². The Kier molecular flexibility index (Phi) is 6.02. The lowest BCUT2D eigenvalue weighted by atomic mass is 10.2. The van der Waals surface area contributed by atoms with Gasteiger partial charge in [-0.25, -0.2) is 0 Å². The second-order valence-corrected chi connectivity index (χ2v) is 5.38. The summed E-state index contributed by atoms with van der Waals surface area (Å²) >= 11 is 0. The van der Waals surface area contributed by atoms with Crippen LogP contribution in [-0.4, -0.2) is 43.3 Å². The summed E-state index contributed by atoms with van der Waals surface area (Å²) in [6.45, 7) is 4.40. The highest BCUT2D eigenvalue weighted by Crippen LogP contribution is 2.19. The normalized spacial score (nSPS) is 14.0. The van der Waals surface area contributed by atoms with E-state index in [1.54, 1.807) is 0 Å². The third kappa shape index (κ3) is 5.36. The summed E-state index contributed by atoms with van der Waals surface area (Å²) in [5.74, 6) is 0.0404. The van der Waals surface area contributed by atoms with Gasteiger partial charge < -0.3 is 20.6 Å². The fourth-order valence-corrected chi connectivity index (χ4v) is 2.25. The van der Waals surface area contributed by atoms with Crippen LogP contribution in [-0.2, 0) is 4.79 Å². The van der Waals surface area contributed by atoms with Gasteiger partial charge >= 0.3 is 0 Å². The molecule has 0 aliphatic heterocycles. The molecule has 0 heterocycles. The molecule has 0 saturated heterocycles. The van der Waals surface area contributed by atoms with Gasteiger partial charge in [-0.2, -0.15) is 0 Å². The van der Waals surface area contributed by atoms with Crippen molar-refractivity contribution in [2.75, 3.05) is 36.5 Å². The summed E-state index contributed by atoms with van der Waals surface area (Å²) in [5.41, 5.74) is 1.87. The van der Waals surface area contributed by atoms with Gasteiger partial charge in [0.2, 0.25) is 5.91 Å². The van der Waals surface area contributed by atoms with Gasteiger partial charge in [-0.3, -0.25) is 4.79 Å². The molecule has 1 aromatic rings. The number of carbonyl (C=O) groups excluding carboxylic acids is 1. The number of nitrogens with one attached hydrogen (secondary N) is 2. The minimum absolute atomic E-state index is 0.0404. The molecule has 0 radical (unpaired) electrons. The van der Waals surface area contributed by atoms with Gasteiger partial charge in [-0.1, -0.05) is 0 Å². The predicted molar refractivity (Wildman–Crippen MR) is 85.7 cm³/mol. The molecule has 1 saturated carbocycles. The van der Waals surface area contributed by atoms with Crippen molar-refractivity contribution in [3.05, 3.63) is 24.3 Å². The highest BCUT2D eigenvalue weighted by Gasteiger charge is 2.20. The summed E-state index contributed by atoms with van der Waals surface area (Å²) < 4.78 is 0. The molecule has 1 aromatic carbocycles. The molecule has 0 spiro atoms. The summed E-state index contributed by atoms with van der Waals surface area (Å²) in [6, 6.07) is 8.39. The van der Waals surface area contributed by atoms with Crippen molar-refractivity contribution in [2.45, 2.75) is 32.2 Å². The standard InChI is InChI=1S/C16H25N3O2/c1-2-19(11-12-20)15-7-5-14(6-8-15)18-16(21)9-10-17-13-3-4-13/h5-8,13,17,20H,2-4,9-12H2,1H3,(H,18,21). The highest BCUT2D eigenvalue weighted by atomic mass is 16.3. The Bertz CT molecular complexity index is 443. The quantitative estimate of drug-likeness (QED) is 0.646. The van der Waals surface area contributed by atoms with E-state index in [1.165, 1.54) is 12.8 Å². The average Bonchev–Trinajstić information content (AvgIpc) is 3.30. The third-order valence-corrected chi connectivity index (χ3v) is 3.63. The number of hydrogen-bond donors (Lipinski definition) is 3. The van der Waals surface area contributed by atoms with Crippen molar-refractivity contribution in [1.29, 1.82) is 0 Å². The Balaban J connectivity index is 1.78. The lowest BCUT2D eigenvalue weighted by Gasteiger charge is -2.22. The first-order valence-corrected chi connectivity index (χ1v) is 7.72. The van der Waals surface area contributed by atoms with Gasteiger partial charge in [-0.15, -0.1) is 0 Å². The second kappa shape index (κ2) is 8.00. The fraction of sp³-hybridized carbons (Fsp3) is 0.562. The van der Waals surface area contributed by atoms with Crippen LogP contribution >= 0.6 is 0 Å². The first-order chi connectivity index (χ1) is 10.2. The Morgan fingerprint density at radius 1 is 1.33 bits per heavy atom. The SMILES string of the molecule is CCN(CCO)c1ccc(NC(=O)CCNC2CC2)cc1.